The fourth-order valence-electron chi connectivity index (χ4n) is 12.9. The van der Waals surface area contributed by atoms with Crippen LogP contribution < -0.4 is 39.4 Å². The maximum atomic E-state index is 13.1. The lowest BCUT2D eigenvalue weighted by Gasteiger charge is -2.32. The van der Waals surface area contributed by atoms with Crippen LogP contribution in [0.15, 0.2) is 85.5 Å². The molecule has 6 aliphatic rings. The van der Waals surface area contributed by atoms with E-state index in [4.69, 9.17) is 23.9 Å². The van der Waals surface area contributed by atoms with Crippen molar-refractivity contribution in [1.29, 1.82) is 0 Å². The molecule has 6 saturated heterocycles. The molecule has 12 rings (SSSR count). The van der Waals surface area contributed by atoms with Gasteiger partial charge in [-0.2, -0.15) is 0 Å². The topological polar surface area (TPSA) is 186 Å². The number of hydrogen-bond acceptors (Lipinski definition) is 15. The van der Waals surface area contributed by atoms with Gasteiger partial charge in [0.2, 0.25) is 5.91 Å². The van der Waals surface area contributed by atoms with E-state index in [1.54, 1.807) is 26.9 Å². The lowest BCUT2D eigenvalue weighted by atomic mass is 9.91. The number of hydrogen-bond donors (Lipinski definition) is 2. The highest BCUT2D eigenvalue weighted by Gasteiger charge is 2.30. The number of piperidine rings is 3. The number of rotatable bonds is 17. The summed E-state index contributed by atoms with van der Waals surface area (Å²) in [6, 6.07) is 24.2. The van der Waals surface area contributed by atoms with Crippen molar-refractivity contribution in [3.63, 3.8) is 0 Å². The first-order valence-corrected chi connectivity index (χ1v) is 31.1. The number of benzene rings is 4. The van der Waals surface area contributed by atoms with Crippen LogP contribution in [-0.2, 0) is 4.79 Å². The second kappa shape index (κ2) is 29.6. The van der Waals surface area contributed by atoms with Crippen molar-refractivity contribution in [2.45, 2.75) is 96.3 Å². The maximum Gasteiger partial charge on any atom is 0.321 e. The van der Waals surface area contributed by atoms with Crippen LogP contribution in [0.4, 0.5) is 32.3 Å². The van der Waals surface area contributed by atoms with Crippen molar-refractivity contribution in [2.24, 2.45) is 0 Å². The molecule has 0 bridgehead atoms. The number of fused-ring (bicyclic) bond motifs is 2. The van der Waals surface area contributed by atoms with E-state index in [0.29, 0.717) is 69.6 Å². The molecule has 2 N–H and O–H groups in total. The van der Waals surface area contributed by atoms with Gasteiger partial charge in [0.1, 0.15) is 19.3 Å². The van der Waals surface area contributed by atoms with Gasteiger partial charge in [-0.3, -0.25) is 4.79 Å². The number of methoxy groups -OCH3 is 2. The number of likely N-dealkylation sites (N-methyl/N-ethyl adjacent to an activating group) is 1. The van der Waals surface area contributed by atoms with Gasteiger partial charge in [-0.15, -0.1) is 0 Å². The van der Waals surface area contributed by atoms with Gasteiger partial charge in [0.25, 0.3) is 0 Å². The van der Waals surface area contributed by atoms with Crippen molar-refractivity contribution < 1.29 is 33.3 Å². The number of carbonyl (C=O) groups is 3. The number of aromatic nitrogens is 4. The highest BCUT2D eigenvalue weighted by Crippen LogP contribution is 2.39. The Kier molecular flexibility index (Phi) is 21.1. The van der Waals surface area contributed by atoms with Crippen molar-refractivity contribution in [2.75, 3.05) is 153 Å². The highest BCUT2D eigenvalue weighted by atomic mass is 16.5. The molecular formula is C66H89N13O7. The van der Waals surface area contributed by atoms with Crippen LogP contribution in [0.1, 0.15) is 108 Å². The smallest absolute Gasteiger partial charge is 0.321 e. The molecule has 6 fully saturated rings. The van der Waals surface area contributed by atoms with Crippen LogP contribution in [0, 0.1) is 0 Å². The van der Waals surface area contributed by atoms with Gasteiger partial charge in [-0.05, 0) is 138 Å². The van der Waals surface area contributed by atoms with Gasteiger partial charge >= 0.3 is 12.1 Å². The molecular weight excluding hydrogens is 1090 g/mol. The van der Waals surface area contributed by atoms with Crippen LogP contribution >= 0.6 is 0 Å². The van der Waals surface area contributed by atoms with E-state index in [2.05, 4.69) is 76.5 Å². The second-order valence-corrected chi connectivity index (χ2v) is 23.5. The van der Waals surface area contributed by atoms with Crippen molar-refractivity contribution in [3.05, 3.63) is 96.8 Å². The van der Waals surface area contributed by atoms with Crippen LogP contribution in [0.2, 0.25) is 0 Å². The molecule has 8 heterocycles. The average molecular weight is 1180 g/mol. The molecule has 6 aromatic rings. The molecule has 86 heavy (non-hydrogen) atoms. The van der Waals surface area contributed by atoms with Gasteiger partial charge in [-0.25, -0.2) is 29.5 Å². The summed E-state index contributed by atoms with van der Waals surface area (Å²) in [4.78, 5) is 71.7. The van der Waals surface area contributed by atoms with Crippen LogP contribution in [-0.4, -0.2) is 195 Å². The second-order valence-electron chi connectivity index (χ2n) is 23.5. The molecule has 0 atom stereocenters. The molecule has 0 saturated carbocycles. The number of nitrogens with one attached hydrogen (secondary N) is 2. The third kappa shape index (κ3) is 15.3. The van der Waals surface area contributed by atoms with E-state index in [0.717, 1.165) is 154 Å². The largest absolute Gasteiger partial charge is 0.493 e. The summed E-state index contributed by atoms with van der Waals surface area (Å²) in [5.74, 6) is 3.29. The molecule has 4 aromatic carbocycles. The number of carbonyl (C=O) groups excluding carboxylic acids is 3. The van der Waals surface area contributed by atoms with Crippen LogP contribution in [0.5, 0.6) is 23.0 Å². The lowest BCUT2D eigenvalue weighted by Crippen LogP contribution is -2.44. The first-order valence-electron chi connectivity index (χ1n) is 31.1. The summed E-state index contributed by atoms with van der Waals surface area (Å²) in [6.07, 6.45) is 15.4. The van der Waals surface area contributed by atoms with Crippen LogP contribution in [0.25, 0.3) is 21.8 Å². The fourth-order valence-corrected chi connectivity index (χ4v) is 12.9. The number of ether oxygens (including phenoxy) is 4. The number of nitrogens with zero attached hydrogens (tertiary/aromatic N) is 11. The minimum absolute atomic E-state index is 0. The summed E-state index contributed by atoms with van der Waals surface area (Å²) >= 11 is 0. The molecule has 460 valence electrons. The highest BCUT2D eigenvalue weighted by molar-refractivity contribution is 5.91. The summed E-state index contributed by atoms with van der Waals surface area (Å²) in [7, 11) is 5.48. The number of piperazine rings is 1. The summed E-state index contributed by atoms with van der Waals surface area (Å²) in [5.41, 5.74) is 7.74. The molecule has 5 amide bonds. The predicted octanol–water partition coefficient (Wildman–Crippen LogP) is 10.3. The molecule has 0 spiro atoms. The normalized spacial score (nSPS) is 18.2. The molecule has 6 aliphatic heterocycles. The zero-order chi connectivity index (χ0) is 58.5. The summed E-state index contributed by atoms with van der Waals surface area (Å²) in [6.45, 7) is 15.0. The summed E-state index contributed by atoms with van der Waals surface area (Å²) < 4.78 is 23.6. The first-order chi connectivity index (χ1) is 41.7. The Labute approximate surface area is 507 Å². The minimum atomic E-state index is -0.0657. The van der Waals surface area contributed by atoms with Crippen LogP contribution in [0.3, 0.4) is 0 Å². The molecule has 20 nitrogen and oxygen atoms in total. The molecule has 0 aliphatic carbocycles. The third-order valence-corrected chi connectivity index (χ3v) is 17.9. The van der Waals surface area contributed by atoms with Gasteiger partial charge < -0.3 is 63.9 Å². The number of anilines is 4. The summed E-state index contributed by atoms with van der Waals surface area (Å²) in [5, 5.41) is 8.09. The van der Waals surface area contributed by atoms with Gasteiger partial charge in [0.15, 0.2) is 23.0 Å². The standard InChI is InChI=1S/C34H47N7O3.C31H38N6O4.CH4/c1-38-18-20-39(21-19-38)13-6-22-44-32-24-30-29(23-31(32)43-2)33(36-25-35-30)26-11-16-41(17-12-26)34(42)37-27-7-9-28(10-8-27)40-14-4-3-5-15-40;1-40-27-19-25-26(20-28(27)41-18-17-36-14-4-5-29(36)38)32-21-33-30(25)22-10-15-37(16-11-22)31(39)34-23-6-8-24(9-7-23)35-12-2-3-13-35;/h7-10,23-26H,3-6,11-22H2,1-2H3,(H,37,42);6-9,19-22H,2-5,10-18H2,1H3,(H,34,39);1H4. The van der Waals surface area contributed by atoms with E-state index in [1.807, 2.05) is 63.2 Å². The minimum Gasteiger partial charge on any atom is -0.493 e. The maximum absolute atomic E-state index is 13.1. The first kappa shape index (κ1) is 61.4. The average Bonchev–Trinajstić information content (AvgIpc) is 1.94. The zero-order valence-corrected chi connectivity index (χ0v) is 50.0. The van der Waals surface area contributed by atoms with Gasteiger partial charge in [0.05, 0.1) is 49.8 Å². The Hall–Kier alpha value is -7.71. The van der Waals surface area contributed by atoms with E-state index in [-0.39, 0.29) is 37.2 Å². The Morgan fingerprint density at radius 3 is 1.44 bits per heavy atom. The molecule has 20 heteroatoms. The molecule has 0 radical (unpaired) electrons. The van der Waals surface area contributed by atoms with Crippen molar-refractivity contribution >= 4 is 62.5 Å². The Bertz CT molecular complexity index is 3190. The Morgan fingerprint density at radius 1 is 0.523 bits per heavy atom. The van der Waals surface area contributed by atoms with E-state index < -0.39 is 0 Å². The fraction of sp³-hybridized carbons (Fsp3) is 0.530. The third-order valence-electron chi connectivity index (χ3n) is 17.9. The Balaban J connectivity index is 0.000000189. The van der Waals surface area contributed by atoms with Gasteiger partial charge in [-0.1, -0.05) is 7.43 Å². The Morgan fingerprint density at radius 2 is 0.988 bits per heavy atom. The number of likely N-dealkylation sites (tertiary alicyclic amines) is 3. The molecule has 0 unspecified atom stereocenters. The van der Waals surface area contributed by atoms with Gasteiger partial charge in [0, 0.05) is 156 Å². The number of amides is 5. The van der Waals surface area contributed by atoms with Crippen molar-refractivity contribution in [3.8, 4) is 23.0 Å². The quantitative estimate of drug-likeness (QED) is 0.0821. The van der Waals surface area contributed by atoms with Crippen molar-refractivity contribution in [1.82, 2.24) is 44.4 Å². The number of urea groups is 2. The van der Waals surface area contributed by atoms with E-state index in [9.17, 15) is 14.4 Å². The van der Waals surface area contributed by atoms with E-state index >= 15 is 0 Å². The lowest BCUT2D eigenvalue weighted by molar-refractivity contribution is -0.128. The zero-order valence-electron chi connectivity index (χ0n) is 50.0. The predicted molar refractivity (Wildman–Crippen MR) is 340 cm³/mol. The monoisotopic (exact) mass is 1180 g/mol. The molecule has 2 aromatic heterocycles. The van der Waals surface area contributed by atoms with E-state index in [1.165, 1.54) is 43.5 Å². The SMILES string of the molecule is C.COc1cc2c(C3CCN(C(=O)Nc4ccc(N5CCCC5)cc4)CC3)ncnc2cc1OCCN1CCCC1=O.COc1cc2c(C3CCN(C(=O)Nc4ccc(N5CCCCC5)cc4)CC3)ncnc2cc1OCCCN1CCN(C)CC1.